The molecular weight excluding hydrogens is 1740 g/mol. The lowest BCUT2D eigenvalue weighted by atomic mass is 9.80. The predicted molar refractivity (Wildman–Crippen MR) is 589 cm³/mol. The van der Waals surface area contributed by atoms with E-state index in [9.17, 15) is 0 Å². The molecule has 0 aliphatic heterocycles. The summed E-state index contributed by atoms with van der Waals surface area (Å²) < 4.78 is 0. The van der Waals surface area contributed by atoms with E-state index in [4.69, 9.17) is 29.9 Å². The second kappa shape index (κ2) is 36.7. The molecule has 0 radical (unpaired) electrons. The average Bonchev–Trinajstić information content (AvgIpc) is 1.56. The number of benzene rings is 17. The highest BCUT2D eigenvalue weighted by Gasteiger charge is 2.41. The fraction of sp³-hybridized carbons (Fsp3) is 0.0672. The first-order chi connectivity index (χ1) is 70.1. The largest absolute Gasteiger partial charge is 0.264 e. The third-order valence-corrected chi connectivity index (χ3v) is 29.0. The fourth-order valence-electron chi connectivity index (χ4n) is 21.5. The Labute approximate surface area is 833 Å². The minimum absolute atomic E-state index is 0.0434. The van der Waals surface area contributed by atoms with Crippen LogP contribution in [0.5, 0.6) is 0 Å². The van der Waals surface area contributed by atoms with Crippen molar-refractivity contribution in [3.8, 4) is 202 Å². The van der Waals surface area contributed by atoms with Gasteiger partial charge in [0.15, 0.2) is 17.5 Å². The van der Waals surface area contributed by atoms with Gasteiger partial charge in [-0.05, 0) is 204 Å². The van der Waals surface area contributed by atoms with Gasteiger partial charge in [-0.3, -0.25) is 15.0 Å². The van der Waals surface area contributed by atoms with E-state index >= 15 is 0 Å². The third-order valence-electron chi connectivity index (χ3n) is 29.0. The first-order valence-electron chi connectivity index (χ1n) is 48.9. The van der Waals surface area contributed by atoms with E-state index in [1.54, 1.807) is 18.6 Å². The van der Waals surface area contributed by atoms with E-state index in [1.165, 1.54) is 122 Å². The Morgan fingerprint density at radius 2 is 0.469 bits per heavy atom. The van der Waals surface area contributed by atoms with Crippen LogP contribution >= 0.6 is 0 Å². The summed E-state index contributed by atoms with van der Waals surface area (Å²) in [6.45, 7) is 14.1. The van der Waals surface area contributed by atoms with Crippen LogP contribution in [-0.4, -0.2) is 44.9 Å². The van der Waals surface area contributed by atoms with Gasteiger partial charge in [0.25, 0.3) is 0 Å². The molecule has 9 heteroatoms. The van der Waals surface area contributed by atoms with Crippen molar-refractivity contribution in [1.29, 1.82) is 0 Å². The molecule has 0 bridgehead atoms. The van der Waals surface area contributed by atoms with E-state index in [0.29, 0.717) is 17.5 Å². The molecule has 0 unspecified atom stereocenters. The molecule has 3 aliphatic rings. The summed E-state index contributed by atoms with van der Waals surface area (Å²) in [4.78, 5) is 43.2. The summed E-state index contributed by atoms with van der Waals surface area (Å²) in [5.74, 6) is 2.13. The summed E-state index contributed by atoms with van der Waals surface area (Å²) in [6, 6.07) is 157. The summed E-state index contributed by atoms with van der Waals surface area (Å²) in [5.41, 5.74) is 44.7. The minimum atomic E-state index is -0.0944. The average molecular weight is 1830 g/mol. The number of nitrogens with zero attached hydrogens (tertiary/aromatic N) is 9. The van der Waals surface area contributed by atoms with Gasteiger partial charge in [0, 0.05) is 103 Å². The predicted octanol–water partition coefficient (Wildman–Crippen LogP) is 33.8. The molecule has 23 aromatic rings. The lowest BCUT2D eigenvalue weighted by Crippen LogP contribution is -2.15. The van der Waals surface area contributed by atoms with Crippen molar-refractivity contribution >= 4 is 21.5 Å². The van der Waals surface area contributed by atoms with Gasteiger partial charge in [0.2, 0.25) is 0 Å². The van der Waals surface area contributed by atoms with Crippen molar-refractivity contribution < 1.29 is 0 Å². The first-order valence-corrected chi connectivity index (χ1v) is 48.9. The molecule has 26 rings (SSSR count). The zero-order valence-corrected chi connectivity index (χ0v) is 80.1. The maximum absolute atomic E-state index is 5.09. The van der Waals surface area contributed by atoms with Gasteiger partial charge in [-0.25, -0.2) is 29.9 Å². The molecule has 0 spiro atoms. The summed E-state index contributed by atoms with van der Waals surface area (Å²) in [6.07, 6.45) is 11.1. The SMILES string of the molecule is CC1(C)c2cccc(-c3ccc(-c4cc(-c5ccc(-c6cccnc6)cc5)nc(-c5ccccc5)n4)cc3)c2-c2c1ccc1ccccc21.CC1(C)c2cccc(-c3ccc(-c4cc(-c5ccc(-c6cccnc6)cc5)nc(-c5ccccc5)n4)cc3)c2-c2ccc3ccccc3c21.CC1(C)c2ccccc2-c2ccc(-c3cccc(-c4cc(-c5ccc(-c6cccnc6)cc5)nc(-c5ccccc5)n4)c3)cc21. The number of hydrogen-bond donors (Lipinski definition) is 0. The molecule has 6 heterocycles. The second-order valence-corrected chi connectivity index (χ2v) is 38.7. The lowest BCUT2D eigenvalue weighted by Gasteiger charge is -2.23. The van der Waals surface area contributed by atoms with E-state index < -0.39 is 0 Å². The van der Waals surface area contributed by atoms with Crippen LogP contribution in [0.4, 0.5) is 0 Å². The molecule has 678 valence electrons. The molecule has 0 saturated carbocycles. The topological polar surface area (TPSA) is 116 Å². The highest BCUT2D eigenvalue weighted by atomic mass is 14.9. The van der Waals surface area contributed by atoms with Crippen molar-refractivity contribution in [3.63, 3.8) is 0 Å². The Bertz CT molecular complexity index is 8760. The minimum Gasteiger partial charge on any atom is -0.264 e. The molecule has 143 heavy (non-hydrogen) atoms. The number of hydrogen-bond acceptors (Lipinski definition) is 9. The number of aromatic nitrogens is 9. The highest BCUT2D eigenvalue weighted by Crippen LogP contribution is 2.57. The molecular formula is C134H97N9. The molecule has 0 atom stereocenters. The zero-order chi connectivity index (χ0) is 96.3. The maximum Gasteiger partial charge on any atom is 0.160 e. The van der Waals surface area contributed by atoms with Gasteiger partial charge in [-0.1, -0.05) is 436 Å². The van der Waals surface area contributed by atoms with Crippen molar-refractivity contribution in [2.24, 2.45) is 0 Å². The van der Waals surface area contributed by atoms with Crippen LogP contribution in [0.15, 0.2) is 480 Å². The molecule has 0 saturated heterocycles. The van der Waals surface area contributed by atoms with Crippen molar-refractivity contribution in [1.82, 2.24) is 44.9 Å². The van der Waals surface area contributed by atoms with Crippen LogP contribution < -0.4 is 0 Å². The summed E-state index contributed by atoms with van der Waals surface area (Å²) >= 11 is 0. The highest BCUT2D eigenvalue weighted by molar-refractivity contribution is 6.07. The van der Waals surface area contributed by atoms with Gasteiger partial charge in [-0.15, -0.1) is 0 Å². The Balaban J connectivity index is 0.000000116. The fourth-order valence-corrected chi connectivity index (χ4v) is 21.5. The smallest absolute Gasteiger partial charge is 0.160 e. The lowest BCUT2D eigenvalue weighted by molar-refractivity contribution is 0.660. The number of rotatable bonds is 15. The molecule has 3 aliphatic carbocycles. The zero-order valence-electron chi connectivity index (χ0n) is 80.1. The molecule has 17 aromatic carbocycles. The van der Waals surface area contributed by atoms with E-state index in [2.05, 4.69) is 427 Å². The molecule has 0 fully saturated rings. The maximum atomic E-state index is 5.09. The molecule has 0 amide bonds. The molecule has 6 aromatic heterocycles. The van der Waals surface area contributed by atoms with Gasteiger partial charge >= 0.3 is 0 Å². The van der Waals surface area contributed by atoms with Crippen molar-refractivity contribution in [3.05, 3.63) is 513 Å². The normalized spacial score (nSPS) is 12.9. The summed E-state index contributed by atoms with van der Waals surface area (Å²) in [5, 5.41) is 5.21. The summed E-state index contributed by atoms with van der Waals surface area (Å²) in [7, 11) is 0. The van der Waals surface area contributed by atoms with Gasteiger partial charge in [-0.2, -0.15) is 0 Å². The van der Waals surface area contributed by atoms with Gasteiger partial charge in [0.05, 0.1) is 34.2 Å². The third kappa shape index (κ3) is 16.5. The number of pyridine rings is 3. The van der Waals surface area contributed by atoms with E-state index in [1.807, 2.05) is 91.4 Å². The number of fused-ring (bicyclic) bond motifs is 13. The van der Waals surface area contributed by atoms with E-state index in [-0.39, 0.29) is 16.2 Å². The van der Waals surface area contributed by atoms with Crippen LogP contribution in [-0.2, 0) is 16.2 Å². The molecule has 0 N–H and O–H groups in total. The van der Waals surface area contributed by atoms with Crippen LogP contribution in [0.2, 0.25) is 0 Å². The standard InChI is InChI=1S/2C46H33N3.C42H31N3/c1-46(2)40-16-8-15-37(43(40)39-26-25-31-10-6-7-14-38(31)44(39)46)32-19-23-34(24-20-32)42-28-41(48-45(49-42)35-11-4-3-5-12-35)33-21-17-30(18-22-33)36-13-9-27-47-29-36;1-46(2)39-16-8-15-38(43(39)44-37-14-7-6-10-31(37)25-26-40(44)46)32-19-23-34(24-20-32)42-28-41(48-45(49-42)35-11-4-3-5-12-35)33-21-17-30(18-22-33)36-13-9-27-47-29-36;1-42(2)37-16-7-6-15-35(37)36-22-21-32(25-38(36)42)31-12-8-13-33(24-31)40-26-39(44-41(45-40)30-10-4-3-5-11-30)29-19-17-28(18-20-29)34-14-9-23-43-27-34/h2*3-29H,1-2H3;3-27H,1-2H3. The monoisotopic (exact) mass is 1830 g/mol. The Morgan fingerprint density at radius 1 is 0.161 bits per heavy atom. The van der Waals surface area contributed by atoms with Crippen LogP contribution in [0.25, 0.3) is 223 Å². The van der Waals surface area contributed by atoms with Crippen molar-refractivity contribution in [2.75, 3.05) is 0 Å². The Kier molecular flexibility index (Phi) is 22.5. The van der Waals surface area contributed by atoms with Crippen LogP contribution in [0.3, 0.4) is 0 Å². The van der Waals surface area contributed by atoms with Crippen LogP contribution in [0.1, 0.15) is 74.9 Å². The molecule has 9 nitrogen and oxygen atoms in total. The Hall–Kier alpha value is -18.1. The quantitative estimate of drug-likeness (QED) is 0.0989. The van der Waals surface area contributed by atoms with E-state index in [0.717, 1.165) is 118 Å². The van der Waals surface area contributed by atoms with Crippen molar-refractivity contribution in [2.45, 2.75) is 57.8 Å². The van der Waals surface area contributed by atoms with Gasteiger partial charge < -0.3 is 0 Å². The first kappa shape index (κ1) is 87.7. The van der Waals surface area contributed by atoms with Crippen LogP contribution in [0, 0.1) is 0 Å². The second-order valence-electron chi connectivity index (χ2n) is 38.7. The Morgan fingerprint density at radius 3 is 0.930 bits per heavy atom. The van der Waals surface area contributed by atoms with Gasteiger partial charge in [0.1, 0.15) is 0 Å².